The summed E-state index contributed by atoms with van der Waals surface area (Å²) in [4.78, 5) is 7.79. The first kappa shape index (κ1) is 6.84. The van der Waals surface area contributed by atoms with Crippen molar-refractivity contribution in [3.8, 4) is 5.75 Å². The highest BCUT2D eigenvalue weighted by Crippen LogP contribution is 2.21. The molecular formula is C6H7N5O. The predicted molar refractivity (Wildman–Crippen MR) is 41.6 cm³/mol. The zero-order chi connectivity index (χ0) is 8.72. The summed E-state index contributed by atoms with van der Waals surface area (Å²) in [6.07, 6.45) is 1.33. The second-order valence-electron chi connectivity index (χ2n) is 2.40. The van der Waals surface area contributed by atoms with Gasteiger partial charge in [0.15, 0.2) is 11.6 Å². The van der Waals surface area contributed by atoms with Gasteiger partial charge in [0.25, 0.3) is 5.78 Å². The Hall–Kier alpha value is -1.85. The van der Waals surface area contributed by atoms with Gasteiger partial charge >= 0.3 is 0 Å². The summed E-state index contributed by atoms with van der Waals surface area (Å²) in [5.74, 6) is 0.505. The van der Waals surface area contributed by atoms with Gasteiger partial charge in [-0.25, -0.2) is 4.98 Å². The fraction of sp³-hybridized carbons (Fsp3) is 0.167. The molecule has 2 rings (SSSR count). The van der Waals surface area contributed by atoms with E-state index in [4.69, 9.17) is 5.73 Å². The van der Waals surface area contributed by atoms with Crippen molar-refractivity contribution in [1.82, 2.24) is 19.6 Å². The summed E-state index contributed by atoms with van der Waals surface area (Å²) in [5, 5.41) is 13.1. The Morgan fingerprint density at radius 2 is 2.33 bits per heavy atom. The standard InChI is InChI=1S/C6H7N5O/c1-3-4(12)5(7)11-6(10-3)8-2-9-11/h2,12H,7H2,1H3. The number of nitrogens with two attached hydrogens (primary N) is 1. The third-order valence-corrected chi connectivity index (χ3v) is 1.61. The number of hydrogen-bond acceptors (Lipinski definition) is 5. The van der Waals surface area contributed by atoms with Gasteiger partial charge in [0.2, 0.25) is 0 Å². The Labute approximate surface area is 67.7 Å². The Morgan fingerprint density at radius 1 is 1.58 bits per heavy atom. The summed E-state index contributed by atoms with van der Waals surface area (Å²) in [7, 11) is 0. The van der Waals surface area contributed by atoms with Crippen molar-refractivity contribution in [2.45, 2.75) is 6.92 Å². The molecule has 12 heavy (non-hydrogen) atoms. The molecule has 3 N–H and O–H groups in total. The van der Waals surface area contributed by atoms with Gasteiger partial charge in [0.05, 0.1) is 5.69 Å². The van der Waals surface area contributed by atoms with Crippen LogP contribution in [-0.2, 0) is 0 Å². The molecule has 0 aliphatic rings. The highest BCUT2D eigenvalue weighted by atomic mass is 16.3. The molecule has 0 saturated heterocycles. The summed E-state index contributed by atoms with van der Waals surface area (Å²) < 4.78 is 1.28. The maximum Gasteiger partial charge on any atom is 0.254 e. The van der Waals surface area contributed by atoms with Crippen molar-refractivity contribution in [2.75, 3.05) is 5.73 Å². The van der Waals surface area contributed by atoms with Crippen molar-refractivity contribution in [3.63, 3.8) is 0 Å². The molecule has 0 unspecified atom stereocenters. The number of aromatic hydroxyl groups is 1. The predicted octanol–water partition coefficient (Wildman–Crippen LogP) is -0.279. The van der Waals surface area contributed by atoms with Gasteiger partial charge in [-0.05, 0) is 6.92 Å². The minimum Gasteiger partial charge on any atom is -0.503 e. The normalized spacial score (nSPS) is 10.8. The minimum atomic E-state index is -0.0481. The van der Waals surface area contributed by atoms with E-state index in [0.717, 1.165) is 0 Å². The highest BCUT2D eigenvalue weighted by Gasteiger charge is 2.08. The average molecular weight is 165 g/mol. The van der Waals surface area contributed by atoms with E-state index >= 15 is 0 Å². The number of anilines is 1. The summed E-state index contributed by atoms with van der Waals surface area (Å²) in [5.41, 5.74) is 5.99. The van der Waals surface area contributed by atoms with Crippen LogP contribution in [0.15, 0.2) is 6.33 Å². The molecule has 0 spiro atoms. The van der Waals surface area contributed by atoms with Gasteiger partial charge in [-0.3, -0.25) is 0 Å². The Morgan fingerprint density at radius 3 is 3.08 bits per heavy atom. The van der Waals surface area contributed by atoms with Gasteiger partial charge in [-0.1, -0.05) is 0 Å². The van der Waals surface area contributed by atoms with Crippen LogP contribution in [0, 0.1) is 6.92 Å². The average Bonchev–Trinajstić information content (AvgIpc) is 2.48. The lowest BCUT2D eigenvalue weighted by molar-refractivity contribution is 0.466. The third kappa shape index (κ3) is 0.714. The first-order chi connectivity index (χ1) is 5.70. The molecule has 0 atom stereocenters. The van der Waals surface area contributed by atoms with Crippen LogP contribution in [0.25, 0.3) is 5.78 Å². The molecule has 0 saturated carbocycles. The van der Waals surface area contributed by atoms with Crippen LogP contribution >= 0.6 is 0 Å². The molecule has 6 heteroatoms. The fourth-order valence-electron chi connectivity index (χ4n) is 0.970. The molecular weight excluding hydrogens is 158 g/mol. The van der Waals surface area contributed by atoms with E-state index in [-0.39, 0.29) is 11.6 Å². The van der Waals surface area contributed by atoms with E-state index in [0.29, 0.717) is 11.5 Å². The third-order valence-electron chi connectivity index (χ3n) is 1.61. The maximum absolute atomic E-state index is 9.35. The molecule has 2 heterocycles. The van der Waals surface area contributed by atoms with Crippen LogP contribution in [0.4, 0.5) is 5.82 Å². The number of fused-ring (bicyclic) bond motifs is 1. The largest absolute Gasteiger partial charge is 0.503 e. The smallest absolute Gasteiger partial charge is 0.254 e. The SMILES string of the molecule is Cc1nc2ncnn2c(N)c1O. The Balaban J connectivity index is 2.94. The van der Waals surface area contributed by atoms with E-state index in [1.807, 2.05) is 0 Å². The summed E-state index contributed by atoms with van der Waals surface area (Å²) in [6.45, 7) is 1.65. The van der Waals surface area contributed by atoms with Crippen molar-refractivity contribution >= 4 is 11.6 Å². The number of hydrogen-bond donors (Lipinski definition) is 2. The van der Waals surface area contributed by atoms with E-state index in [9.17, 15) is 5.11 Å². The monoisotopic (exact) mass is 165 g/mol. The van der Waals surface area contributed by atoms with E-state index in [2.05, 4.69) is 15.1 Å². The number of aryl methyl sites for hydroxylation is 1. The Kier molecular flexibility index (Phi) is 1.18. The molecule has 0 aliphatic heterocycles. The quantitative estimate of drug-likeness (QED) is 0.560. The number of nitrogen functional groups attached to an aromatic ring is 1. The molecule has 2 aromatic heterocycles. The molecule has 0 bridgehead atoms. The number of nitrogens with zero attached hydrogens (tertiary/aromatic N) is 4. The lowest BCUT2D eigenvalue weighted by Gasteiger charge is -2.02. The fourth-order valence-corrected chi connectivity index (χ4v) is 0.970. The highest BCUT2D eigenvalue weighted by molar-refractivity contribution is 5.52. The van der Waals surface area contributed by atoms with Crippen LogP contribution in [0.1, 0.15) is 5.69 Å². The number of rotatable bonds is 0. The van der Waals surface area contributed by atoms with Crippen LogP contribution in [-0.4, -0.2) is 24.7 Å². The molecule has 0 amide bonds. The molecule has 2 aromatic rings. The zero-order valence-electron chi connectivity index (χ0n) is 6.39. The molecule has 0 fully saturated rings. The van der Waals surface area contributed by atoms with Gasteiger partial charge in [-0.2, -0.15) is 14.6 Å². The van der Waals surface area contributed by atoms with Crippen LogP contribution in [0.2, 0.25) is 0 Å². The molecule has 62 valence electrons. The van der Waals surface area contributed by atoms with Gasteiger partial charge < -0.3 is 10.8 Å². The zero-order valence-corrected chi connectivity index (χ0v) is 6.39. The molecule has 0 aliphatic carbocycles. The van der Waals surface area contributed by atoms with Crippen molar-refractivity contribution < 1.29 is 5.11 Å². The van der Waals surface area contributed by atoms with Crippen LogP contribution in [0.3, 0.4) is 0 Å². The van der Waals surface area contributed by atoms with Crippen molar-refractivity contribution in [3.05, 3.63) is 12.0 Å². The van der Waals surface area contributed by atoms with Crippen molar-refractivity contribution in [2.24, 2.45) is 0 Å². The molecule has 0 aromatic carbocycles. The van der Waals surface area contributed by atoms with Gasteiger partial charge in [0, 0.05) is 0 Å². The number of aromatic nitrogens is 4. The van der Waals surface area contributed by atoms with Gasteiger partial charge in [0.1, 0.15) is 6.33 Å². The molecule has 6 nitrogen and oxygen atoms in total. The summed E-state index contributed by atoms with van der Waals surface area (Å²) in [6, 6.07) is 0. The minimum absolute atomic E-state index is 0.0481. The second-order valence-corrected chi connectivity index (χ2v) is 2.40. The van der Waals surface area contributed by atoms with Crippen LogP contribution in [0.5, 0.6) is 5.75 Å². The van der Waals surface area contributed by atoms with Gasteiger partial charge in [-0.15, -0.1) is 0 Å². The topological polar surface area (TPSA) is 89.3 Å². The van der Waals surface area contributed by atoms with Crippen molar-refractivity contribution in [1.29, 1.82) is 0 Å². The lowest BCUT2D eigenvalue weighted by Crippen LogP contribution is -2.02. The van der Waals surface area contributed by atoms with E-state index in [1.54, 1.807) is 6.92 Å². The lowest BCUT2D eigenvalue weighted by atomic mass is 10.4. The second kappa shape index (κ2) is 2.07. The van der Waals surface area contributed by atoms with Crippen LogP contribution < -0.4 is 5.73 Å². The Bertz CT molecular complexity index is 435. The first-order valence-electron chi connectivity index (χ1n) is 3.35. The summed E-state index contributed by atoms with van der Waals surface area (Å²) >= 11 is 0. The van der Waals surface area contributed by atoms with E-state index < -0.39 is 0 Å². The first-order valence-corrected chi connectivity index (χ1v) is 3.35. The van der Waals surface area contributed by atoms with E-state index in [1.165, 1.54) is 10.8 Å². The maximum atomic E-state index is 9.35. The molecule has 0 radical (unpaired) electrons.